The zero-order valence-corrected chi connectivity index (χ0v) is 13.0. The third-order valence-electron chi connectivity index (χ3n) is 5.07. The van der Waals surface area contributed by atoms with Crippen LogP contribution in [0.25, 0.3) is 0 Å². The van der Waals surface area contributed by atoms with E-state index in [1.165, 1.54) is 36.0 Å². The number of Topliss-reactive ketones (excluding diaryl/α,β-unsaturated/α-hetero) is 1. The summed E-state index contributed by atoms with van der Waals surface area (Å²) in [7, 11) is 0. The van der Waals surface area contributed by atoms with E-state index in [9.17, 15) is 4.79 Å². The maximum absolute atomic E-state index is 11.9. The van der Waals surface area contributed by atoms with Crippen molar-refractivity contribution in [1.82, 2.24) is 4.98 Å². The van der Waals surface area contributed by atoms with E-state index in [0.29, 0.717) is 11.8 Å². The summed E-state index contributed by atoms with van der Waals surface area (Å²) >= 11 is 0. The number of aromatic nitrogens is 1. The lowest BCUT2D eigenvalue weighted by atomic mass is 9.88. The Balaban J connectivity index is 1.80. The summed E-state index contributed by atoms with van der Waals surface area (Å²) in [6.45, 7) is 3.74. The van der Waals surface area contributed by atoms with Gasteiger partial charge in [0.1, 0.15) is 5.82 Å². The maximum Gasteiger partial charge on any atom is 0.161 e. The molecule has 2 aromatic rings. The van der Waals surface area contributed by atoms with Crippen LogP contribution in [-0.2, 0) is 0 Å². The second-order valence-corrected chi connectivity index (χ2v) is 6.61. The normalized spacial score (nSPS) is 21.7. The molecule has 1 aromatic heterocycles. The summed E-state index contributed by atoms with van der Waals surface area (Å²) in [5.41, 5.74) is 5.69. The van der Waals surface area contributed by atoms with Crippen molar-refractivity contribution < 1.29 is 4.79 Å². The smallest absolute Gasteiger partial charge is 0.161 e. The molecule has 1 N–H and O–H groups in total. The minimum atomic E-state index is 0.137. The van der Waals surface area contributed by atoms with E-state index in [4.69, 9.17) is 0 Å². The summed E-state index contributed by atoms with van der Waals surface area (Å²) in [5.74, 6) is 2.20. The van der Waals surface area contributed by atoms with Gasteiger partial charge in [0, 0.05) is 23.0 Å². The number of carbonyl (C=O) groups excluding carboxylic acids is 1. The number of nitrogens with zero attached hydrogens (tertiary/aromatic N) is 1. The number of benzene rings is 1. The molecule has 1 saturated carbocycles. The minimum Gasteiger partial charge on any atom is -0.340 e. The van der Waals surface area contributed by atoms with Crippen LogP contribution < -0.4 is 5.32 Å². The van der Waals surface area contributed by atoms with E-state index in [0.717, 1.165) is 17.1 Å². The van der Waals surface area contributed by atoms with Gasteiger partial charge in [0.05, 0.1) is 0 Å². The number of hydrogen-bond acceptors (Lipinski definition) is 3. The van der Waals surface area contributed by atoms with Gasteiger partial charge in [-0.15, -0.1) is 0 Å². The second-order valence-electron chi connectivity index (χ2n) is 6.61. The molecule has 2 atom stereocenters. The van der Waals surface area contributed by atoms with Gasteiger partial charge in [-0.3, -0.25) is 4.79 Å². The molecule has 0 saturated heterocycles. The molecule has 2 bridgehead atoms. The van der Waals surface area contributed by atoms with Crippen molar-refractivity contribution in [3.8, 4) is 0 Å². The van der Waals surface area contributed by atoms with Crippen LogP contribution in [0.3, 0.4) is 0 Å². The van der Waals surface area contributed by atoms with Crippen molar-refractivity contribution >= 4 is 17.3 Å². The topological polar surface area (TPSA) is 42.0 Å². The van der Waals surface area contributed by atoms with E-state index in [1.54, 1.807) is 13.1 Å². The molecule has 2 aliphatic carbocycles. The second kappa shape index (κ2) is 4.94. The van der Waals surface area contributed by atoms with Gasteiger partial charge in [-0.2, -0.15) is 0 Å². The Bertz CT molecular complexity index is 766. The van der Waals surface area contributed by atoms with Crippen LogP contribution in [0.1, 0.15) is 65.1 Å². The molecule has 3 nitrogen and oxygen atoms in total. The Morgan fingerprint density at radius 3 is 2.73 bits per heavy atom. The highest BCUT2D eigenvalue weighted by atomic mass is 16.1. The van der Waals surface area contributed by atoms with Crippen molar-refractivity contribution in [3.05, 3.63) is 52.7 Å². The van der Waals surface area contributed by atoms with Gasteiger partial charge < -0.3 is 5.32 Å². The van der Waals surface area contributed by atoms with E-state index in [2.05, 4.69) is 35.4 Å². The summed E-state index contributed by atoms with van der Waals surface area (Å²) in [6.07, 6.45) is 5.39. The molecular formula is C19H20N2O. The lowest BCUT2D eigenvalue weighted by Gasteiger charge is -2.21. The number of aryl methyl sites for hydroxylation is 1. The molecule has 22 heavy (non-hydrogen) atoms. The van der Waals surface area contributed by atoms with Gasteiger partial charge in [-0.05, 0) is 68.2 Å². The zero-order valence-electron chi connectivity index (χ0n) is 13.0. The molecule has 112 valence electrons. The molecule has 1 aromatic carbocycles. The molecule has 1 heterocycles. The van der Waals surface area contributed by atoms with E-state index in [-0.39, 0.29) is 5.78 Å². The van der Waals surface area contributed by atoms with E-state index in [1.807, 2.05) is 6.07 Å². The Labute approximate surface area is 130 Å². The molecule has 0 amide bonds. The van der Waals surface area contributed by atoms with Crippen LogP contribution in [0.2, 0.25) is 0 Å². The molecular weight excluding hydrogens is 272 g/mol. The number of anilines is 2. The highest BCUT2D eigenvalue weighted by molar-refractivity contribution is 5.96. The van der Waals surface area contributed by atoms with E-state index >= 15 is 0 Å². The number of carbonyl (C=O) groups is 1. The SMILES string of the molecule is CC(=O)c1cnc(Nc2cccc(C)c2)c2c1C1CCC2C1. The fourth-order valence-corrected chi connectivity index (χ4v) is 4.14. The number of hydrogen-bond donors (Lipinski definition) is 1. The first kappa shape index (κ1) is 13.5. The molecule has 0 spiro atoms. The molecule has 4 rings (SSSR count). The van der Waals surface area contributed by atoms with Crippen LogP contribution in [0.4, 0.5) is 11.5 Å². The molecule has 2 unspecified atom stereocenters. The monoisotopic (exact) mass is 292 g/mol. The van der Waals surface area contributed by atoms with Crippen LogP contribution in [0, 0.1) is 6.92 Å². The number of fused-ring (bicyclic) bond motifs is 5. The summed E-state index contributed by atoms with van der Waals surface area (Å²) in [5, 5.41) is 3.47. The van der Waals surface area contributed by atoms with Crippen molar-refractivity contribution in [3.63, 3.8) is 0 Å². The minimum absolute atomic E-state index is 0.137. The molecule has 0 aliphatic heterocycles. The largest absolute Gasteiger partial charge is 0.340 e. The lowest BCUT2D eigenvalue weighted by Crippen LogP contribution is -2.10. The van der Waals surface area contributed by atoms with Crippen molar-refractivity contribution in [2.24, 2.45) is 0 Å². The first-order valence-corrected chi connectivity index (χ1v) is 8.01. The number of pyridine rings is 1. The quantitative estimate of drug-likeness (QED) is 0.834. The Morgan fingerprint density at radius 2 is 2.00 bits per heavy atom. The van der Waals surface area contributed by atoms with Crippen molar-refractivity contribution in [2.75, 3.05) is 5.32 Å². The lowest BCUT2D eigenvalue weighted by molar-refractivity contribution is 0.101. The number of rotatable bonds is 3. The maximum atomic E-state index is 11.9. The highest BCUT2D eigenvalue weighted by Crippen LogP contribution is 2.56. The van der Waals surface area contributed by atoms with Crippen LogP contribution in [-0.4, -0.2) is 10.8 Å². The van der Waals surface area contributed by atoms with Gasteiger partial charge >= 0.3 is 0 Å². The van der Waals surface area contributed by atoms with Gasteiger partial charge in [-0.25, -0.2) is 4.98 Å². The van der Waals surface area contributed by atoms with Crippen LogP contribution >= 0.6 is 0 Å². The van der Waals surface area contributed by atoms with Crippen LogP contribution in [0.15, 0.2) is 30.5 Å². The molecule has 0 radical (unpaired) electrons. The Kier molecular flexibility index (Phi) is 3.03. The Morgan fingerprint density at radius 1 is 1.23 bits per heavy atom. The zero-order chi connectivity index (χ0) is 15.3. The average Bonchev–Trinajstić information content (AvgIpc) is 3.09. The average molecular weight is 292 g/mol. The van der Waals surface area contributed by atoms with Crippen molar-refractivity contribution in [1.29, 1.82) is 0 Å². The third-order valence-corrected chi connectivity index (χ3v) is 5.07. The summed E-state index contributed by atoms with van der Waals surface area (Å²) in [6, 6.07) is 8.32. The molecule has 1 fully saturated rings. The fraction of sp³-hybridized carbons (Fsp3) is 0.368. The fourth-order valence-electron chi connectivity index (χ4n) is 4.14. The number of ketones is 1. The van der Waals surface area contributed by atoms with Gasteiger partial charge in [0.25, 0.3) is 0 Å². The molecule has 2 aliphatic rings. The highest BCUT2D eigenvalue weighted by Gasteiger charge is 2.41. The van der Waals surface area contributed by atoms with E-state index < -0.39 is 0 Å². The predicted molar refractivity (Wildman–Crippen MR) is 88.0 cm³/mol. The van der Waals surface area contributed by atoms with Gasteiger partial charge in [-0.1, -0.05) is 12.1 Å². The first-order chi connectivity index (χ1) is 10.6. The predicted octanol–water partition coefficient (Wildman–Crippen LogP) is 4.70. The van der Waals surface area contributed by atoms with Gasteiger partial charge in [0.2, 0.25) is 0 Å². The summed E-state index contributed by atoms with van der Waals surface area (Å²) in [4.78, 5) is 16.5. The standard InChI is InChI=1S/C19H20N2O/c1-11-4-3-5-15(8-11)21-19-18-14-7-6-13(9-14)17(18)16(10-20-19)12(2)22/h3-5,8,10,13-14H,6-7,9H2,1-2H3,(H,20,21). The Hall–Kier alpha value is -2.16. The van der Waals surface area contributed by atoms with Crippen LogP contribution in [0.5, 0.6) is 0 Å². The molecule has 3 heteroatoms. The van der Waals surface area contributed by atoms with Crippen molar-refractivity contribution in [2.45, 2.75) is 44.9 Å². The number of nitrogens with one attached hydrogen (secondary N) is 1. The summed E-state index contributed by atoms with van der Waals surface area (Å²) < 4.78 is 0. The first-order valence-electron chi connectivity index (χ1n) is 8.01. The van der Waals surface area contributed by atoms with Gasteiger partial charge in [0.15, 0.2) is 5.78 Å². The third kappa shape index (κ3) is 2.04.